The summed E-state index contributed by atoms with van der Waals surface area (Å²) in [5.74, 6) is 1.15. The molecule has 0 saturated heterocycles. The third-order valence-electron chi connectivity index (χ3n) is 3.55. The average molecular weight is 400 g/mol. The standard InChI is InChI=1S/C18H23F3N4OS/c1-12(2)15-10-27-16(25-15)9-24-17(22-3)23-8-13-5-4-6-14(7-13)26-11-18(19,20)21/h4-7,10,12H,8-9,11H2,1-3H3,(H2,22,23,24). The molecule has 0 unspecified atom stereocenters. The van der Waals surface area contributed by atoms with Gasteiger partial charge >= 0.3 is 6.18 Å². The third-order valence-corrected chi connectivity index (χ3v) is 4.42. The fourth-order valence-corrected chi connectivity index (χ4v) is 3.04. The first kappa shape index (κ1) is 21.0. The number of hydrogen-bond acceptors (Lipinski definition) is 4. The molecule has 0 aliphatic carbocycles. The molecular formula is C18H23F3N4OS. The molecular weight excluding hydrogens is 377 g/mol. The van der Waals surface area contributed by atoms with E-state index >= 15 is 0 Å². The van der Waals surface area contributed by atoms with Crippen LogP contribution in [0.15, 0.2) is 34.6 Å². The van der Waals surface area contributed by atoms with E-state index in [-0.39, 0.29) is 5.75 Å². The molecule has 0 aliphatic heterocycles. The van der Waals surface area contributed by atoms with Crippen molar-refractivity contribution in [2.24, 2.45) is 4.99 Å². The maximum absolute atomic E-state index is 12.2. The molecule has 2 N–H and O–H groups in total. The summed E-state index contributed by atoms with van der Waals surface area (Å²) in [6.45, 7) is 3.83. The Kier molecular flexibility index (Phi) is 7.46. The molecule has 0 bridgehead atoms. The zero-order valence-corrected chi connectivity index (χ0v) is 16.2. The lowest BCUT2D eigenvalue weighted by atomic mass is 10.2. The number of hydrogen-bond donors (Lipinski definition) is 2. The fourth-order valence-electron chi connectivity index (χ4n) is 2.15. The SMILES string of the molecule is CN=C(NCc1cccc(OCC(F)(F)F)c1)NCc1nc(C(C)C)cs1. The highest BCUT2D eigenvalue weighted by molar-refractivity contribution is 7.09. The first-order valence-corrected chi connectivity index (χ1v) is 9.32. The molecule has 9 heteroatoms. The van der Waals surface area contributed by atoms with Crippen molar-refractivity contribution < 1.29 is 17.9 Å². The molecule has 0 saturated carbocycles. The van der Waals surface area contributed by atoms with E-state index in [2.05, 4.69) is 34.5 Å². The van der Waals surface area contributed by atoms with Gasteiger partial charge in [0.25, 0.3) is 0 Å². The molecule has 1 heterocycles. The van der Waals surface area contributed by atoms with Gasteiger partial charge in [0.05, 0.1) is 12.2 Å². The first-order valence-electron chi connectivity index (χ1n) is 8.44. The number of ether oxygens (including phenoxy) is 1. The van der Waals surface area contributed by atoms with Crippen molar-refractivity contribution in [3.63, 3.8) is 0 Å². The second-order valence-corrected chi connectivity index (χ2v) is 7.09. The Bertz CT molecular complexity index is 759. The molecule has 0 spiro atoms. The summed E-state index contributed by atoms with van der Waals surface area (Å²) in [5.41, 5.74) is 1.85. The van der Waals surface area contributed by atoms with Crippen molar-refractivity contribution in [1.82, 2.24) is 15.6 Å². The molecule has 148 valence electrons. The summed E-state index contributed by atoms with van der Waals surface area (Å²) >= 11 is 1.59. The van der Waals surface area contributed by atoms with Gasteiger partial charge in [0.15, 0.2) is 12.6 Å². The molecule has 0 atom stereocenters. The molecule has 0 aliphatic rings. The predicted molar refractivity (Wildman–Crippen MR) is 101 cm³/mol. The van der Waals surface area contributed by atoms with Crippen LogP contribution in [0, 0.1) is 0 Å². The Balaban J connectivity index is 1.84. The average Bonchev–Trinajstić information content (AvgIpc) is 3.09. The molecule has 1 aromatic heterocycles. The summed E-state index contributed by atoms with van der Waals surface area (Å²) < 4.78 is 41.5. The normalized spacial score (nSPS) is 12.3. The lowest BCUT2D eigenvalue weighted by molar-refractivity contribution is -0.153. The maximum atomic E-state index is 12.2. The lowest BCUT2D eigenvalue weighted by Crippen LogP contribution is -2.36. The monoisotopic (exact) mass is 400 g/mol. The fraction of sp³-hybridized carbons (Fsp3) is 0.444. The van der Waals surface area contributed by atoms with E-state index in [1.54, 1.807) is 36.6 Å². The van der Waals surface area contributed by atoms with Gasteiger partial charge < -0.3 is 15.4 Å². The number of guanidine groups is 1. The van der Waals surface area contributed by atoms with Crippen molar-refractivity contribution in [3.05, 3.63) is 45.9 Å². The number of rotatable bonds is 7. The molecule has 5 nitrogen and oxygen atoms in total. The lowest BCUT2D eigenvalue weighted by Gasteiger charge is -2.13. The zero-order chi connectivity index (χ0) is 19.9. The summed E-state index contributed by atoms with van der Waals surface area (Å²) in [6.07, 6.45) is -4.36. The van der Waals surface area contributed by atoms with Crippen LogP contribution in [0.1, 0.15) is 36.0 Å². The van der Waals surface area contributed by atoms with Crippen LogP contribution in [0.25, 0.3) is 0 Å². The minimum absolute atomic E-state index is 0.179. The second-order valence-electron chi connectivity index (χ2n) is 6.15. The van der Waals surface area contributed by atoms with E-state index in [4.69, 9.17) is 4.74 Å². The highest BCUT2D eigenvalue weighted by Crippen LogP contribution is 2.19. The van der Waals surface area contributed by atoms with E-state index in [1.807, 2.05) is 5.38 Å². The van der Waals surface area contributed by atoms with Crippen molar-refractivity contribution >= 4 is 17.3 Å². The Morgan fingerprint density at radius 3 is 2.63 bits per heavy atom. The third kappa shape index (κ3) is 7.46. The highest BCUT2D eigenvalue weighted by Gasteiger charge is 2.28. The van der Waals surface area contributed by atoms with Crippen LogP contribution >= 0.6 is 11.3 Å². The minimum Gasteiger partial charge on any atom is -0.484 e. The van der Waals surface area contributed by atoms with Gasteiger partial charge in [0.1, 0.15) is 10.8 Å². The van der Waals surface area contributed by atoms with Crippen molar-refractivity contribution in [2.45, 2.75) is 39.0 Å². The Hall–Kier alpha value is -2.29. The Morgan fingerprint density at radius 2 is 2.00 bits per heavy atom. The van der Waals surface area contributed by atoms with Crippen LogP contribution in [0.4, 0.5) is 13.2 Å². The van der Waals surface area contributed by atoms with Gasteiger partial charge in [-0.2, -0.15) is 13.2 Å². The van der Waals surface area contributed by atoms with Gasteiger partial charge in [0, 0.05) is 19.0 Å². The zero-order valence-electron chi connectivity index (χ0n) is 15.4. The van der Waals surface area contributed by atoms with Gasteiger partial charge in [-0.05, 0) is 23.6 Å². The van der Waals surface area contributed by atoms with Gasteiger partial charge in [-0.15, -0.1) is 11.3 Å². The molecule has 0 radical (unpaired) electrons. The summed E-state index contributed by atoms with van der Waals surface area (Å²) in [4.78, 5) is 8.69. The molecule has 2 rings (SSSR count). The quantitative estimate of drug-likeness (QED) is 0.543. The van der Waals surface area contributed by atoms with Crippen LogP contribution in [0.3, 0.4) is 0 Å². The molecule has 27 heavy (non-hydrogen) atoms. The van der Waals surface area contributed by atoms with E-state index in [0.717, 1.165) is 16.3 Å². The van der Waals surface area contributed by atoms with Crippen LogP contribution in [-0.4, -0.2) is 30.8 Å². The number of aliphatic imine (C=N–C) groups is 1. The van der Waals surface area contributed by atoms with Crippen LogP contribution in [0.5, 0.6) is 5.75 Å². The smallest absolute Gasteiger partial charge is 0.422 e. The number of halogens is 3. The summed E-state index contributed by atoms with van der Waals surface area (Å²) in [6, 6.07) is 6.53. The number of thiazole rings is 1. The Morgan fingerprint density at radius 1 is 1.26 bits per heavy atom. The molecule has 1 aromatic carbocycles. The molecule has 2 aromatic rings. The number of alkyl halides is 3. The van der Waals surface area contributed by atoms with Crippen molar-refractivity contribution in [1.29, 1.82) is 0 Å². The van der Waals surface area contributed by atoms with E-state index in [1.165, 1.54) is 6.07 Å². The van der Waals surface area contributed by atoms with Crippen LogP contribution in [-0.2, 0) is 13.1 Å². The Labute approximate surface area is 160 Å². The summed E-state index contributed by atoms with van der Waals surface area (Å²) in [5, 5.41) is 9.31. The van der Waals surface area contributed by atoms with Gasteiger partial charge in [-0.25, -0.2) is 4.98 Å². The topological polar surface area (TPSA) is 58.5 Å². The maximum Gasteiger partial charge on any atom is 0.422 e. The van der Waals surface area contributed by atoms with Crippen molar-refractivity contribution in [3.8, 4) is 5.75 Å². The van der Waals surface area contributed by atoms with Crippen molar-refractivity contribution in [2.75, 3.05) is 13.7 Å². The van der Waals surface area contributed by atoms with Gasteiger partial charge in [0.2, 0.25) is 0 Å². The largest absolute Gasteiger partial charge is 0.484 e. The van der Waals surface area contributed by atoms with Gasteiger partial charge in [-0.1, -0.05) is 26.0 Å². The van der Waals surface area contributed by atoms with E-state index in [0.29, 0.717) is 25.0 Å². The number of aromatic nitrogens is 1. The van der Waals surface area contributed by atoms with Crippen LogP contribution < -0.4 is 15.4 Å². The highest BCUT2D eigenvalue weighted by atomic mass is 32.1. The van der Waals surface area contributed by atoms with E-state index in [9.17, 15) is 13.2 Å². The molecule has 0 amide bonds. The first-order chi connectivity index (χ1) is 12.8. The number of nitrogens with zero attached hydrogens (tertiary/aromatic N) is 2. The van der Waals surface area contributed by atoms with E-state index < -0.39 is 12.8 Å². The second kappa shape index (κ2) is 9.59. The minimum atomic E-state index is -4.36. The number of benzene rings is 1. The number of nitrogens with one attached hydrogen (secondary N) is 2. The molecule has 0 fully saturated rings. The van der Waals surface area contributed by atoms with Crippen LogP contribution in [0.2, 0.25) is 0 Å². The van der Waals surface area contributed by atoms with Gasteiger partial charge in [-0.3, -0.25) is 4.99 Å². The summed E-state index contributed by atoms with van der Waals surface area (Å²) in [7, 11) is 1.65. The predicted octanol–water partition coefficient (Wildman–Crippen LogP) is 4.07.